The number of esters is 2. The summed E-state index contributed by atoms with van der Waals surface area (Å²) in [4.78, 5) is 25.2. The van der Waals surface area contributed by atoms with E-state index in [9.17, 15) is 9.59 Å². The highest BCUT2D eigenvalue weighted by molar-refractivity contribution is 6.40. The highest BCUT2D eigenvalue weighted by Gasteiger charge is 2.55. The number of hydrogen-bond donors (Lipinski definition) is 5. The Morgan fingerprint density at radius 1 is 1.19 bits per heavy atom. The number of carbonyl (C=O) groups excluding carboxylic acids is 2. The van der Waals surface area contributed by atoms with Crippen LogP contribution in [0.3, 0.4) is 0 Å². The first kappa shape index (κ1) is 24.7. The molecule has 0 saturated carbocycles. The van der Waals surface area contributed by atoms with Crippen LogP contribution in [0.2, 0.25) is 6.32 Å². The molecule has 2 aliphatic heterocycles. The number of hydrogen-bond acceptors (Lipinski definition) is 9. The van der Waals surface area contributed by atoms with Crippen LogP contribution in [0.25, 0.3) is 0 Å². The van der Waals surface area contributed by atoms with Gasteiger partial charge in [-0.3, -0.25) is 9.59 Å². The van der Waals surface area contributed by atoms with Crippen molar-refractivity contribution in [2.24, 2.45) is 11.7 Å². The van der Waals surface area contributed by atoms with Gasteiger partial charge in [-0.05, 0) is 37.7 Å². The molecule has 0 bridgehead atoms. The molecule has 6 N–H and O–H groups in total. The van der Waals surface area contributed by atoms with Crippen LogP contribution in [0.4, 0.5) is 0 Å². The molecule has 0 radical (unpaired) electrons. The number of fused-ring (bicyclic) bond motifs is 1. The molecule has 9 nitrogen and oxygen atoms in total. The monoisotopic (exact) mass is 447 g/mol. The van der Waals surface area contributed by atoms with Gasteiger partial charge in [0.1, 0.15) is 24.8 Å². The van der Waals surface area contributed by atoms with E-state index >= 15 is 0 Å². The van der Waals surface area contributed by atoms with Gasteiger partial charge < -0.3 is 35.9 Å². The summed E-state index contributed by atoms with van der Waals surface area (Å²) in [5.74, 6) is -0.750. The molecule has 4 atom stereocenters. The van der Waals surface area contributed by atoms with Gasteiger partial charge in [0.15, 0.2) is 0 Å². The second-order valence-corrected chi connectivity index (χ2v) is 8.63. The van der Waals surface area contributed by atoms with Crippen LogP contribution in [0.1, 0.15) is 31.2 Å². The van der Waals surface area contributed by atoms with E-state index in [0.29, 0.717) is 32.2 Å². The van der Waals surface area contributed by atoms with Gasteiger partial charge in [-0.2, -0.15) is 0 Å². The third kappa shape index (κ3) is 6.29. The van der Waals surface area contributed by atoms with Crippen molar-refractivity contribution in [3.8, 4) is 0 Å². The Kier molecular flexibility index (Phi) is 9.06. The maximum atomic E-state index is 13.1. The van der Waals surface area contributed by atoms with Crippen molar-refractivity contribution in [1.29, 1.82) is 0 Å². The molecule has 0 aromatic heterocycles. The molecule has 2 aliphatic rings. The average Bonchev–Trinajstić information content (AvgIpc) is 3.38. The summed E-state index contributed by atoms with van der Waals surface area (Å²) in [7, 11) is -1.33. The second kappa shape index (κ2) is 11.8. The van der Waals surface area contributed by atoms with Crippen molar-refractivity contribution in [1.82, 2.24) is 10.6 Å². The summed E-state index contributed by atoms with van der Waals surface area (Å²) in [6, 6.07) is 8.91. The second-order valence-electron chi connectivity index (χ2n) is 8.63. The van der Waals surface area contributed by atoms with Crippen molar-refractivity contribution in [3.05, 3.63) is 35.9 Å². The van der Waals surface area contributed by atoms with E-state index in [4.69, 9.17) is 25.3 Å². The Morgan fingerprint density at radius 2 is 1.94 bits per heavy atom. The summed E-state index contributed by atoms with van der Waals surface area (Å²) < 4.78 is 10.7. The summed E-state index contributed by atoms with van der Waals surface area (Å²) in [6.45, 7) is 1.46. The number of nitrogens with one attached hydrogen (secondary N) is 2. The van der Waals surface area contributed by atoms with Crippen LogP contribution in [0.5, 0.6) is 0 Å². The molecule has 2 fully saturated rings. The fourth-order valence-corrected chi connectivity index (χ4v) is 4.79. The van der Waals surface area contributed by atoms with Gasteiger partial charge in [-0.15, -0.1) is 0 Å². The topological polar surface area (TPSA) is 143 Å². The Hall–Kier alpha value is -1.98. The lowest BCUT2D eigenvalue weighted by atomic mass is 9.77. The zero-order chi connectivity index (χ0) is 23.0. The predicted molar refractivity (Wildman–Crippen MR) is 120 cm³/mol. The number of nitrogens with two attached hydrogens (primary N) is 1. The van der Waals surface area contributed by atoms with Crippen molar-refractivity contribution in [2.75, 3.05) is 26.3 Å². The fraction of sp³-hybridized carbons (Fsp3) is 0.636. The van der Waals surface area contributed by atoms with E-state index in [2.05, 4.69) is 10.6 Å². The first-order chi connectivity index (χ1) is 15.4. The van der Waals surface area contributed by atoms with Gasteiger partial charge in [-0.25, -0.2) is 0 Å². The van der Waals surface area contributed by atoms with Crippen molar-refractivity contribution in [2.45, 2.75) is 56.0 Å². The Labute approximate surface area is 189 Å². The van der Waals surface area contributed by atoms with Gasteiger partial charge in [0.2, 0.25) is 0 Å². The summed E-state index contributed by atoms with van der Waals surface area (Å²) >= 11 is 0. The Morgan fingerprint density at radius 3 is 2.69 bits per heavy atom. The number of unbranched alkanes of at least 4 members (excludes halogenated alkanes) is 1. The zero-order valence-corrected chi connectivity index (χ0v) is 18.4. The fourth-order valence-electron chi connectivity index (χ4n) is 4.79. The maximum absolute atomic E-state index is 13.1. The standard InChI is InChI=1S/C22H34BN3O6/c24-18(14-16-6-2-1-3-7-16)20(27)31-12-13-32-21(28)22(9-4-5-10-23(29)30)17-8-11-25-19(17)15-26-22/h1-3,6-7,17-19,25-26,29-30H,4-5,8-15,24H2/t17-,18-,19-,22+/m0/s1. The van der Waals surface area contributed by atoms with Crippen LogP contribution < -0.4 is 16.4 Å². The van der Waals surface area contributed by atoms with Gasteiger partial charge >= 0.3 is 19.1 Å². The third-order valence-electron chi connectivity index (χ3n) is 6.43. The van der Waals surface area contributed by atoms with Crippen LogP contribution in [0, 0.1) is 5.92 Å². The molecule has 3 rings (SSSR count). The summed E-state index contributed by atoms with van der Waals surface area (Å²) in [5, 5.41) is 24.9. The van der Waals surface area contributed by atoms with Crippen LogP contribution in [-0.2, 0) is 25.5 Å². The van der Waals surface area contributed by atoms with Gasteiger partial charge in [-0.1, -0.05) is 43.2 Å². The lowest BCUT2D eigenvalue weighted by molar-refractivity contribution is -0.159. The molecule has 0 unspecified atom stereocenters. The number of carbonyl (C=O) groups is 2. The van der Waals surface area contributed by atoms with Gasteiger partial charge in [0, 0.05) is 18.5 Å². The van der Waals surface area contributed by atoms with Crippen molar-refractivity contribution < 1.29 is 29.1 Å². The Bertz CT molecular complexity index is 752. The molecule has 0 aliphatic carbocycles. The van der Waals surface area contributed by atoms with Crippen molar-refractivity contribution >= 4 is 19.1 Å². The minimum absolute atomic E-state index is 0.0355. The zero-order valence-electron chi connectivity index (χ0n) is 18.4. The van der Waals surface area contributed by atoms with E-state index in [1.165, 1.54) is 0 Å². The van der Waals surface area contributed by atoms with E-state index in [-0.39, 0.29) is 37.5 Å². The van der Waals surface area contributed by atoms with E-state index in [1.807, 2.05) is 30.3 Å². The molecule has 0 spiro atoms. The lowest BCUT2D eigenvalue weighted by Gasteiger charge is -2.32. The predicted octanol–water partition coefficient (Wildman–Crippen LogP) is -0.394. The molecule has 1 aromatic carbocycles. The minimum atomic E-state index is -1.33. The summed E-state index contributed by atoms with van der Waals surface area (Å²) in [6.07, 6.45) is 3.37. The smallest absolute Gasteiger partial charge is 0.451 e. The lowest BCUT2D eigenvalue weighted by Crippen LogP contribution is -2.53. The highest BCUT2D eigenvalue weighted by atomic mass is 16.6. The van der Waals surface area contributed by atoms with Gasteiger partial charge in [0.05, 0.1) is 0 Å². The molecule has 32 heavy (non-hydrogen) atoms. The summed E-state index contributed by atoms with van der Waals surface area (Å²) in [5.41, 5.74) is 6.07. The molecule has 176 valence electrons. The van der Waals surface area contributed by atoms with Crippen LogP contribution >= 0.6 is 0 Å². The number of ether oxygens (including phenoxy) is 2. The van der Waals surface area contributed by atoms with E-state index in [0.717, 1.165) is 18.5 Å². The van der Waals surface area contributed by atoms with E-state index < -0.39 is 24.7 Å². The normalized spacial score (nSPS) is 25.2. The SMILES string of the molecule is N[C@@H](Cc1ccccc1)C(=O)OCCOC(=O)[C@]1(CCCCB(O)O)NC[C@@H]2NCC[C@@H]21. The van der Waals surface area contributed by atoms with Crippen LogP contribution in [-0.4, -0.2) is 73.0 Å². The van der Waals surface area contributed by atoms with Crippen LogP contribution in [0.15, 0.2) is 30.3 Å². The Balaban J connectivity index is 1.46. The maximum Gasteiger partial charge on any atom is 0.451 e. The number of rotatable bonds is 12. The highest BCUT2D eigenvalue weighted by Crippen LogP contribution is 2.38. The minimum Gasteiger partial charge on any atom is -0.461 e. The largest absolute Gasteiger partial charge is 0.461 e. The van der Waals surface area contributed by atoms with Gasteiger partial charge in [0.25, 0.3) is 0 Å². The first-order valence-corrected chi connectivity index (χ1v) is 11.4. The molecule has 10 heteroatoms. The number of benzene rings is 1. The van der Waals surface area contributed by atoms with Crippen molar-refractivity contribution in [3.63, 3.8) is 0 Å². The third-order valence-corrected chi connectivity index (χ3v) is 6.43. The molecule has 2 saturated heterocycles. The molecular weight excluding hydrogens is 413 g/mol. The molecule has 1 aromatic rings. The quantitative estimate of drug-likeness (QED) is 0.164. The molecular formula is C22H34BN3O6. The van der Waals surface area contributed by atoms with E-state index in [1.54, 1.807) is 0 Å². The first-order valence-electron chi connectivity index (χ1n) is 11.4. The molecule has 2 heterocycles. The average molecular weight is 447 g/mol. The molecule has 0 amide bonds.